The van der Waals surface area contributed by atoms with Crippen molar-refractivity contribution < 1.29 is 5.11 Å². The molecule has 1 aliphatic heterocycles. The highest BCUT2D eigenvalue weighted by Crippen LogP contribution is 2.30. The number of aliphatic imine (C=N–C) groups is 1. The molecule has 1 atom stereocenters. The summed E-state index contributed by atoms with van der Waals surface area (Å²) in [5.74, 6) is 1.54. The maximum Gasteiger partial charge on any atom is 0.194 e. The highest BCUT2D eigenvalue weighted by Gasteiger charge is 2.32. The van der Waals surface area contributed by atoms with Crippen LogP contribution in [0.15, 0.2) is 35.3 Å². The van der Waals surface area contributed by atoms with E-state index in [1.54, 1.807) is 0 Å². The van der Waals surface area contributed by atoms with Crippen molar-refractivity contribution in [2.75, 3.05) is 26.2 Å². The Hall–Kier alpha value is -0.820. The van der Waals surface area contributed by atoms with Gasteiger partial charge in [-0.25, -0.2) is 0 Å². The second-order valence-electron chi connectivity index (χ2n) is 6.94. The maximum atomic E-state index is 10.5. The first-order valence-corrected chi connectivity index (χ1v) is 9.01. The first-order chi connectivity index (χ1) is 11.2. The van der Waals surface area contributed by atoms with Crippen LogP contribution >= 0.6 is 24.0 Å². The molecule has 5 heteroatoms. The Labute approximate surface area is 162 Å². The van der Waals surface area contributed by atoms with Crippen molar-refractivity contribution in [2.45, 2.75) is 50.5 Å². The molecule has 1 aliphatic carbocycles. The van der Waals surface area contributed by atoms with Crippen molar-refractivity contribution in [2.24, 2.45) is 4.99 Å². The van der Waals surface area contributed by atoms with Crippen LogP contribution in [-0.4, -0.2) is 47.7 Å². The predicted molar refractivity (Wildman–Crippen MR) is 110 cm³/mol. The van der Waals surface area contributed by atoms with Crippen LogP contribution in [0.3, 0.4) is 0 Å². The van der Waals surface area contributed by atoms with Crippen LogP contribution in [0.4, 0.5) is 0 Å². The standard InChI is InChI=1S/C19H29N3O.HI/c1-2-20-18(21-15-19(23)11-6-7-12-19)22-13-10-17(14-22)16-8-4-3-5-9-16;/h3-5,8-9,17,23H,2,6-7,10-15H2,1H3,(H,20,21);1H. The summed E-state index contributed by atoms with van der Waals surface area (Å²) in [4.78, 5) is 7.11. The Kier molecular flexibility index (Phi) is 7.34. The van der Waals surface area contributed by atoms with E-state index in [0.29, 0.717) is 12.5 Å². The van der Waals surface area contributed by atoms with E-state index in [-0.39, 0.29) is 24.0 Å². The van der Waals surface area contributed by atoms with Crippen LogP contribution in [-0.2, 0) is 0 Å². The number of halogens is 1. The van der Waals surface area contributed by atoms with Gasteiger partial charge in [0.2, 0.25) is 0 Å². The van der Waals surface area contributed by atoms with Crippen LogP contribution in [0, 0.1) is 0 Å². The summed E-state index contributed by atoms with van der Waals surface area (Å²) >= 11 is 0. The van der Waals surface area contributed by atoms with E-state index in [2.05, 4.69) is 47.5 Å². The monoisotopic (exact) mass is 443 g/mol. The maximum absolute atomic E-state index is 10.5. The third-order valence-electron chi connectivity index (χ3n) is 5.15. The molecule has 134 valence electrons. The Balaban J connectivity index is 0.00000208. The molecule has 4 nitrogen and oxygen atoms in total. The number of guanidine groups is 1. The summed E-state index contributed by atoms with van der Waals surface area (Å²) in [6.45, 7) is 5.54. The number of likely N-dealkylation sites (tertiary alicyclic amines) is 1. The Morgan fingerprint density at radius 1 is 1.29 bits per heavy atom. The van der Waals surface area contributed by atoms with Gasteiger partial charge in [-0.05, 0) is 31.7 Å². The fourth-order valence-electron chi connectivity index (χ4n) is 3.79. The lowest BCUT2D eigenvalue weighted by Crippen LogP contribution is -2.41. The molecule has 1 unspecified atom stereocenters. The van der Waals surface area contributed by atoms with E-state index in [0.717, 1.165) is 51.3 Å². The van der Waals surface area contributed by atoms with Crippen molar-refractivity contribution in [3.05, 3.63) is 35.9 Å². The van der Waals surface area contributed by atoms with Crippen LogP contribution in [0.25, 0.3) is 0 Å². The van der Waals surface area contributed by atoms with Gasteiger partial charge in [-0.2, -0.15) is 0 Å². The Bertz CT molecular complexity index is 529. The minimum atomic E-state index is -0.570. The van der Waals surface area contributed by atoms with Gasteiger partial charge in [-0.15, -0.1) is 24.0 Å². The number of nitrogens with zero attached hydrogens (tertiary/aromatic N) is 2. The molecule has 1 saturated carbocycles. The molecular formula is C19H30IN3O. The van der Waals surface area contributed by atoms with Crippen molar-refractivity contribution >= 4 is 29.9 Å². The molecule has 2 fully saturated rings. The van der Waals surface area contributed by atoms with E-state index >= 15 is 0 Å². The minimum Gasteiger partial charge on any atom is -0.388 e. The van der Waals surface area contributed by atoms with Gasteiger partial charge in [0.25, 0.3) is 0 Å². The molecule has 0 radical (unpaired) electrons. The van der Waals surface area contributed by atoms with Crippen molar-refractivity contribution in [1.82, 2.24) is 10.2 Å². The number of nitrogens with one attached hydrogen (secondary N) is 1. The number of rotatable bonds is 4. The van der Waals surface area contributed by atoms with Crippen molar-refractivity contribution in [1.29, 1.82) is 0 Å². The van der Waals surface area contributed by atoms with Gasteiger partial charge >= 0.3 is 0 Å². The number of benzene rings is 1. The molecule has 2 aliphatic rings. The highest BCUT2D eigenvalue weighted by atomic mass is 127. The normalized spacial score (nSPS) is 23.2. The minimum absolute atomic E-state index is 0. The Morgan fingerprint density at radius 2 is 2.00 bits per heavy atom. The Morgan fingerprint density at radius 3 is 2.67 bits per heavy atom. The van der Waals surface area contributed by atoms with Gasteiger partial charge < -0.3 is 15.3 Å². The highest BCUT2D eigenvalue weighted by molar-refractivity contribution is 14.0. The molecule has 0 spiro atoms. The third-order valence-corrected chi connectivity index (χ3v) is 5.15. The second-order valence-corrected chi connectivity index (χ2v) is 6.94. The number of aliphatic hydroxyl groups is 1. The first-order valence-electron chi connectivity index (χ1n) is 9.01. The van der Waals surface area contributed by atoms with Gasteiger partial charge in [-0.3, -0.25) is 4.99 Å². The zero-order valence-electron chi connectivity index (χ0n) is 14.6. The molecule has 1 saturated heterocycles. The van der Waals surface area contributed by atoms with Crippen molar-refractivity contribution in [3.63, 3.8) is 0 Å². The lowest BCUT2D eigenvalue weighted by Gasteiger charge is -2.25. The summed E-state index contributed by atoms with van der Waals surface area (Å²) in [5.41, 5.74) is 0.847. The zero-order valence-corrected chi connectivity index (χ0v) is 16.9. The second kappa shape index (κ2) is 9.04. The van der Waals surface area contributed by atoms with Gasteiger partial charge in [0.15, 0.2) is 5.96 Å². The van der Waals surface area contributed by atoms with E-state index in [9.17, 15) is 5.11 Å². The van der Waals surface area contributed by atoms with Crippen LogP contribution in [0.1, 0.15) is 50.5 Å². The molecule has 3 rings (SSSR count). The summed E-state index contributed by atoms with van der Waals surface area (Å²) in [6.07, 6.45) is 5.20. The van der Waals surface area contributed by atoms with E-state index in [4.69, 9.17) is 4.99 Å². The summed E-state index contributed by atoms with van der Waals surface area (Å²) in [6, 6.07) is 10.8. The topological polar surface area (TPSA) is 47.9 Å². The molecule has 2 N–H and O–H groups in total. The summed E-state index contributed by atoms with van der Waals surface area (Å²) in [7, 11) is 0. The first kappa shape index (κ1) is 19.5. The fourth-order valence-corrected chi connectivity index (χ4v) is 3.79. The quantitative estimate of drug-likeness (QED) is 0.426. The van der Waals surface area contributed by atoms with Crippen LogP contribution in [0.5, 0.6) is 0 Å². The average molecular weight is 443 g/mol. The van der Waals surface area contributed by atoms with E-state index in [1.807, 2.05) is 0 Å². The van der Waals surface area contributed by atoms with Gasteiger partial charge in [0.05, 0.1) is 12.1 Å². The lowest BCUT2D eigenvalue weighted by molar-refractivity contribution is 0.0572. The number of hydrogen-bond donors (Lipinski definition) is 2. The molecule has 0 bridgehead atoms. The SMILES string of the molecule is CCNC(=NCC1(O)CCCC1)N1CCC(c2ccccc2)C1.I. The van der Waals surface area contributed by atoms with Gasteiger partial charge in [0.1, 0.15) is 0 Å². The van der Waals surface area contributed by atoms with Crippen LogP contribution in [0.2, 0.25) is 0 Å². The van der Waals surface area contributed by atoms with E-state index in [1.165, 1.54) is 12.0 Å². The number of hydrogen-bond acceptors (Lipinski definition) is 2. The lowest BCUT2D eigenvalue weighted by atomic mass is 9.99. The summed E-state index contributed by atoms with van der Waals surface area (Å²) < 4.78 is 0. The molecular weight excluding hydrogens is 413 g/mol. The smallest absolute Gasteiger partial charge is 0.194 e. The molecule has 1 heterocycles. The van der Waals surface area contributed by atoms with Gasteiger partial charge in [-0.1, -0.05) is 43.2 Å². The summed E-state index contributed by atoms with van der Waals surface area (Å²) in [5, 5.41) is 13.9. The average Bonchev–Trinajstić information content (AvgIpc) is 3.22. The van der Waals surface area contributed by atoms with Crippen LogP contribution < -0.4 is 5.32 Å². The van der Waals surface area contributed by atoms with Crippen molar-refractivity contribution in [3.8, 4) is 0 Å². The third kappa shape index (κ3) is 4.85. The molecule has 1 aromatic carbocycles. The van der Waals surface area contributed by atoms with E-state index < -0.39 is 5.60 Å². The predicted octanol–water partition coefficient (Wildman–Crippen LogP) is 3.36. The zero-order chi connectivity index (χ0) is 16.1. The largest absolute Gasteiger partial charge is 0.388 e. The van der Waals surface area contributed by atoms with Gasteiger partial charge in [0, 0.05) is 25.6 Å². The molecule has 0 aromatic heterocycles. The molecule has 0 amide bonds. The fraction of sp³-hybridized carbons (Fsp3) is 0.632. The molecule has 1 aromatic rings. The molecule has 24 heavy (non-hydrogen) atoms.